The van der Waals surface area contributed by atoms with Crippen LogP contribution >= 0.6 is 11.8 Å². The van der Waals surface area contributed by atoms with Gasteiger partial charge < -0.3 is 20.3 Å². The van der Waals surface area contributed by atoms with Crippen molar-refractivity contribution in [2.45, 2.75) is 25.4 Å². The summed E-state index contributed by atoms with van der Waals surface area (Å²) in [4.78, 5) is 26.5. The van der Waals surface area contributed by atoms with Gasteiger partial charge in [-0.15, -0.1) is 0 Å². The number of carboxylic acids is 1. The first-order valence-corrected chi connectivity index (χ1v) is 7.74. The molecule has 0 aliphatic carbocycles. The molecule has 0 saturated heterocycles. The fourth-order valence-electron chi connectivity index (χ4n) is 1.58. The average Bonchev–Trinajstić information content (AvgIpc) is 2.92. The van der Waals surface area contributed by atoms with Gasteiger partial charge in [0.05, 0.1) is 6.33 Å². The van der Waals surface area contributed by atoms with Gasteiger partial charge in [0, 0.05) is 25.5 Å². The van der Waals surface area contributed by atoms with Crippen molar-refractivity contribution in [3.63, 3.8) is 0 Å². The summed E-state index contributed by atoms with van der Waals surface area (Å²) in [5.74, 6) is -0.315. The van der Waals surface area contributed by atoms with E-state index in [0.717, 1.165) is 13.0 Å². The van der Waals surface area contributed by atoms with Gasteiger partial charge in [-0.2, -0.15) is 11.8 Å². The first-order valence-electron chi connectivity index (χ1n) is 6.35. The number of nitrogens with zero attached hydrogens (tertiary/aromatic N) is 2. The molecule has 2 amide bonds. The molecule has 0 radical (unpaired) electrons. The van der Waals surface area contributed by atoms with Gasteiger partial charge in [0.2, 0.25) is 0 Å². The van der Waals surface area contributed by atoms with Crippen LogP contribution in [0.25, 0.3) is 0 Å². The van der Waals surface area contributed by atoms with Crippen LogP contribution in [0.5, 0.6) is 0 Å². The lowest BCUT2D eigenvalue weighted by molar-refractivity contribution is -0.139. The fraction of sp³-hybridized carbons (Fsp3) is 0.583. The number of carbonyl (C=O) groups is 2. The third-order valence-corrected chi connectivity index (χ3v) is 3.30. The van der Waals surface area contributed by atoms with Crippen LogP contribution in [-0.4, -0.2) is 51.3 Å². The van der Waals surface area contributed by atoms with E-state index in [4.69, 9.17) is 5.11 Å². The number of amides is 2. The Kier molecular flexibility index (Phi) is 7.56. The molecule has 20 heavy (non-hydrogen) atoms. The number of imidazole rings is 1. The zero-order valence-electron chi connectivity index (χ0n) is 11.4. The Hall–Kier alpha value is -1.70. The van der Waals surface area contributed by atoms with Crippen molar-refractivity contribution >= 4 is 23.8 Å². The maximum absolute atomic E-state index is 11.6. The Labute approximate surface area is 122 Å². The molecule has 0 spiro atoms. The Morgan fingerprint density at radius 1 is 1.50 bits per heavy atom. The highest BCUT2D eigenvalue weighted by Gasteiger charge is 2.18. The van der Waals surface area contributed by atoms with Crippen molar-refractivity contribution in [1.82, 2.24) is 20.2 Å². The summed E-state index contributed by atoms with van der Waals surface area (Å²) in [6, 6.07) is -1.28. The Morgan fingerprint density at radius 3 is 2.90 bits per heavy atom. The number of hydrogen-bond donors (Lipinski definition) is 3. The molecule has 112 valence electrons. The van der Waals surface area contributed by atoms with Crippen molar-refractivity contribution in [2.24, 2.45) is 0 Å². The number of hydrogen-bond acceptors (Lipinski definition) is 4. The number of aliphatic carboxylic acids is 1. The molecule has 1 aromatic rings. The van der Waals surface area contributed by atoms with E-state index in [0.29, 0.717) is 18.7 Å². The Balaban J connectivity index is 2.18. The van der Waals surface area contributed by atoms with Gasteiger partial charge in [-0.25, -0.2) is 14.6 Å². The van der Waals surface area contributed by atoms with E-state index in [1.807, 2.05) is 17.0 Å². The molecule has 0 saturated carbocycles. The van der Waals surface area contributed by atoms with Gasteiger partial charge in [-0.1, -0.05) is 0 Å². The number of nitrogens with one attached hydrogen (secondary N) is 2. The summed E-state index contributed by atoms with van der Waals surface area (Å²) in [5, 5.41) is 14.1. The maximum Gasteiger partial charge on any atom is 0.326 e. The Morgan fingerprint density at radius 2 is 2.30 bits per heavy atom. The van der Waals surface area contributed by atoms with Gasteiger partial charge in [-0.05, 0) is 24.9 Å². The quantitative estimate of drug-likeness (QED) is 0.586. The number of urea groups is 1. The summed E-state index contributed by atoms with van der Waals surface area (Å²) in [5.41, 5.74) is 0. The topological polar surface area (TPSA) is 96.3 Å². The van der Waals surface area contributed by atoms with Crippen LogP contribution < -0.4 is 10.6 Å². The molecule has 0 aromatic carbocycles. The van der Waals surface area contributed by atoms with Crippen LogP contribution in [0.15, 0.2) is 18.7 Å². The van der Waals surface area contributed by atoms with Crippen LogP contribution in [0.4, 0.5) is 4.79 Å². The highest BCUT2D eigenvalue weighted by atomic mass is 32.2. The smallest absolute Gasteiger partial charge is 0.326 e. The van der Waals surface area contributed by atoms with E-state index < -0.39 is 18.0 Å². The lowest BCUT2D eigenvalue weighted by Gasteiger charge is -2.14. The monoisotopic (exact) mass is 300 g/mol. The average molecular weight is 300 g/mol. The molecule has 0 aliphatic rings. The van der Waals surface area contributed by atoms with Gasteiger partial charge in [0.1, 0.15) is 6.04 Å². The van der Waals surface area contributed by atoms with Crippen LogP contribution in [-0.2, 0) is 11.3 Å². The molecule has 1 aromatic heterocycles. The van der Waals surface area contributed by atoms with Crippen LogP contribution in [0, 0.1) is 0 Å². The Bertz CT molecular complexity index is 411. The predicted octanol–water partition coefficient (Wildman–Crippen LogP) is 0.779. The third kappa shape index (κ3) is 6.46. The van der Waals surface area contributed by atoms with Gasteiger partial charge in [0.25, 0.3) is 0 Å². The van der Waals surface area contributed by atoms with Crippen LogP contribution in [0.1, 0.15) is 12.8 Å². The third-order valence-electron chi connectivity index (χ3n) is 2.65. The van der Waals surface area contributed by atoms with Gasteiger partial charge in [0.15, 0.2) is 0 Å². The van der Waals surface area contributed by atoms with E-state index in [-0.39, 0.29) is 0 Å². The summed E-state index contributed by atoms with van der Waals surface area (Å²) in [6.45, 7) is 1.24. The molecule has 1 heterocycles. The normalized spacial score (nSPS) is 11.8. The zero-order chi connectivity index (χ0) is 14.8. The standard InChI is InChI=1S/C12H20N4O3S/c1-20-8-3-10(11(17)18)15-12(19)14-4-2-6-16-7-5-13-9-16/h5,7,9-10H,2-4,6,8H2,1H3,(H,17,18)(H2,14,15,19)/t10-/m0/s1. The fourth-order valence-corrected chi connectivity index (χ4v) is 2.06. The molecule has 3 N–H and O–H groups in total. The minimum atomic E-state index is -1.01. The molecule has 0 bridgehead atoms. The second-order valence-corrected chi connectivity index (χ2v) is 5.21. The maximum atomic E-state index is 11.6. The molecule has 7 nitrogen and oxygen atoms in total. The number of carboxylic acid groups (broad SMARTS) is 1. The number of carbonyl (C=O) groups excluding carboxylic acids is 1. The summed E-state index contributed by atoms with van der Waals surface area (Å²) < 4.78 is 1.91. The molecule has 0 aliphatic heterocycles. The van der Waals surface area contributed by atoms with Crippen LogP contribution in [0.2, 0.25) is 0 Å². The minimum Gasteiger partial charge on any atom is -0.480 e. The van der Waals surface area contributed by atoms with E-state index in [2.05, 4.69) is 15.6 Å². The van der Waals surface area contributed by atoms with E-state index >= 15 is 0 Å². The second-order valence-electron chi connectivity index (χ2n) is 4.23. The SMILES string of the molecule is CSCC[C@H](NC(=O)NCCCn1ccnc1)C(=O)O. The molecular weight excluding hydrogens is 280 g/mol. The van der Waals surface area contributed by atoms with Gasteiger partial charge >= 0.3 is 12.0 Å². The lowest BCUT2D eigenvalue weighted by Crippen LogP contribution is -2.46. The van der Waals surface area contributed by atoms with Gasteiger partial charge in [-0.3, -0.25) is 0 Å². The number of aryl methyl sites for hydroxylation is 1. The molecule has 1 atom stereocenters. The largest absolute Gasteiger partial charge is 0.480 e. The molecular formula is C12H20N4O3S. The van der Waals surface area contributed by atoms with Crippen molar-refractivity contribution in [1.29, 1.82) is 0 Å². The summed E-state index contributed by atoms with van der Waals surface area (Å²) in [7, 11) is 0. The van der Waals surface area contributed by atoms with Crippen LogP contribution in [0.3, 0.4) is 0 Å². The lowest BCUT2D eigenvalue weighted by atomic mass is 10.2. The molecule has 0 unspecified atom stereocenters. The second kappa shape index (κ2) is 9.24. The summed E-state index contributed by atoms with van der Waals surface area (Å²) >= 11 is 1.55. The van der Waals surface area contributed by atoms with Crippen molar-refractivity contribution < 1.29 is 14.7 Å². The first kappa shape index (κ1) is 16.4. The van der Waals surface area contributed by atoms with E-state index in [1.54, 1.807) is 24.3 Å². The van der Waals surface area contributed by atoms with E-state index in [1.165, 1.54) is 0 Å². The molecule has 8 heteroatoms. The van der Waals surface area contributed by atoms with Crippen molar-refractivity contribution in [2.75, 3.05) is 18.6 Å². The van der Waals surface area contributed by atoms with E-state index in [9.17, 15) is 9.59 Å². The van der Waals surface area contributed by atoms with Crippen molar-refractivity contribution in [3.8, 4) is 0 Å². The minimum absolute atomic E-state index is 0.416. The highest BCUT2D eigenvalue weighted by molar-refractivity contribution is 7.98. The predicted molar refractivity (Wildman–Crippen MR) is 77.8 cm³/mol. The number of thioether (sulfide) groups is 1. The number of rotatable bonds is 9. The molecule has 1 rings (SSSR count). The first-order chi connectivity index (χ1) is 9.63. The highest BCUT2D eigenvalue weighted by Crippen LogP contribution is 2.00. The number of aromatic nitrogens is 2. The molecule has 0 fully saturated rings. The summed E-state index contributed by atoms with van der Waals surface area (Å²) in [6.07, 6.45) is 8.33. The van der Waals surface area contributed by atoms with Crippen molar-refractivity contribution in [3.05, 3.63) is 18.7 Å². The zero-order valence-corrected chi connectivity index (χ0v) is 12.2.